The Hall–Kier alpha value is -0.680. The van der Waals surface area contributed by atoms with Crippen LogP contribution in [0.15, 0.2) is 24.3 Å². The van der Waals surface area contributed by atoms with Crippen LogP contribution in [0.5, 0.6) is 0 Å². The van der Waals surface area contributed by atoms with Gasteiger partial charge in [-0.2, -0.15) is 0 Å². The Bertz CT molecular complexity index is 127. The molecule has 0 aromatic carbocycles. The predicted molar refractivity (Wildman–Crippen MR) is 49.2 cm³/mol. The minimum absolute atomic E-state index is 0.0312. The van der Waals surface area contributed by atoms with E-state index in [-0.39, 0.29) is 20.0 Å². The van der Waals surface area contributed by atoms with Crippen LogP contribution in [-0.2, 0) is 9.47 Å². The fourth-order valence-electron chi connectivity index (χ4n) is 0.576. The van der Waals surface area contributed by atoms with E-state index in [0.717, 1.165) is 0 Å². The van der Waals surface area contributed by atoms with Gasteiger partial charge in [0.2, 0.25) is 0 Å². The summed E-state index contributed by atoms with van der Waals surface area (Å²) in [5.41, 5.74) is 0. The zero-order chi connectivity index (χ0) is 9.78. The number of aliphatic hydroxyl groups is 2. The molecule has 0 heterocycles. The Morgan fingerprint density at radius 1 is 0.769 bits per heavy atom. The lowest BCUT2D eigenvalue weighted by Gasteiger charge is -1.99. The van der Waals surface area contributed by atoms with Crippen LogP contribution < -0.4 is 0 Å². The molecule has 0 saturated carbocycles. The van der Waals surface area contributed by atoms with Gasteiger partial charge in [-0.15, -0.1) is 0 Å². The van der Waals surface area contributed by atoms with Crippen LogP contribution in [0.3, 0.4) is 0 Å². The van der Waals surface area contributed by atoms with Crippen LogP contribution >= 0.6 is 0 Å². The van der Waals surface area contributed by atoms with E-state index >= 15 is 0 Å². The third-order valence-corrected chi connectivity index (χ3v) is 1.14. The Labute approximate surface area is 78.1 Å². The average Bonchev–Trinajstić information content (AvgIpc) is 2.16. The monoisotopic (exact) mass is 188 g/mol. The van der Waals surface area contributed by atoms with E-state index in [0.29, 0.717) is 13.2 Å². The van der Waals surface area contributed by atoms with Crippen molar-refractivity contribution in [3.05, 3.63) is 24.3 Å². The van der Waals surface area contributed by atoms with E-state index in [9.17, 15) is 0 Å². The van der Waals surface area contributed by atoms with Crippen molar-refractivity contribution in [1.82, 2.24) is 0 Å². The summed E-state index contributed by atoms with van der Waals surface area (Å²) in [4.78, 5) is 0. The zero-order valence-electron chi connectivity index (χ0n) is 7.56. The Balaban J connectivity index is 2.99. The normalized spacial score (nSPS) is 11.8. The first-order chi connectivity index (χ1) is 6.41. The van der Waals surface area contributed by atoms with Crippen LogP contribution in [0, 0.1) is 0 Å². The van der Waals surface area contributed by atoms with Gasteiger partial charge in [-0.1, -0.05) is 24.3 Å². The predicted octanol–water partition coefficient (Wildman–Crippen LogP) is 0.0741. The number of rotatable bonds is 8. The van der Waals surface area contributed by atoms with Gasteiger partial charge in [0.25, 0.3) is 0 Å². The third-order valence-electron chi connectivity index (χ3n) is 1.14. The standard InChI is InChI=1S/C9H16O4/c10-5-1-3-7-12-9-13-8-4-2-6-11/h1-4,10-11H,5-9H2/b3-1-,4-2-. The summed E-state index contributed by atoms with van der Waals surface area (Å²) < 4.78 is 10.00. The molecule has 0 aliphatic heterocycles. The van der Waals surface area contributed by atoms with E-state index in [4.69, 9.17) is 19.7 Å². The second-order valence-electron chi connectivity index (χ2n) is 2.17. The lowest BCUT2D eigenvalue weighted by Crippen LogP contribution is -2.00. The van der Waals surface area contributed by atoms with Gasteiger partial charge in [0.05, 0.1) is 26.4 Å². The van der Waals surface area contributed by atoms with Gasteiger partial charge in [0.15, 0.2) is 0 Å². The lowest BCUT2D eigenvalue weighted by atomic mass is 10.5. The first-order valence-electron chi connectivity index (χ1n) is 4.09. The minimum Gasteiger partial charge on any atom is -0.392 e. The van der Waals surface area contributed by atoms with Gasteiger partial charge in [0.1, 0.15) is 6.79 Å². The van der Waals surface area contributed by atoms with Crippen LogP contribution in [0.1, 0.15) is 0 Å². The molecule has 13 heavy (non-hydrogen) atoms. The summed E-state index contributed by atoms with van der Waals surface area (Å²) in [6.45, 7) is 1.15. The molecule has 0 aromatic heterocycles. The van der Waals surface area contributed by atoms with Gasteiger partial charge in [-0.05, 0) is 0 Å². The maximum Gasteiger partial charge on any atom is 0.147 e. The molecular formula is C9H16O4. The van der Waals surface area contributed by atoms with E-state index in [1.165, 1.54) is 0 Å². The number of hydrogen-bond acceptors (Lipinski definition) is 4. The Morgan fingerprint density at radius 2 is 1.23 bits per heavy atom. The molecule has 0 aliphatic rings. The maximum absolute atomic E-state index is 8.36. The smallest absolute Gasteiger partial charge is 0.147 e. The molecule has 0 bridgehead atoms. The summed E-state index contributed by atoms with van der Waals surface area (Å²) in [5, 5.41) is 16.7. The highest BCUT2D eigenvalue weighted by Gasteiger charge is 1.82. The van der Waals surface area contributed by atoms with E-state index in [1.54, 1.807) is 24.3 Å². The largest absolute Gasteiger partial charge is 0.392 e. The summed E-state index contributed by atoms with van der Waals surface area (Å²) >= 11 is 0. The second-order valence-corrected chi connectivity index (χ2v) is 2.17. The summed E-state index contributed by atoms with van der Waals surface area (Å²) in [5.74, 6) is 0. The maximum atomic E-state index is 8.36. The van der Waals surface area contributed by atoms with Crippen molar-refractivity contribution < 1.29 is 19.7 Å². The van der Waals surface area contributed by atoms with Gasteiger partial charge in [-0.3, -0.25) is 0 Å². The van der Waals surface area contributed by atoms with Crippen LogP contribution in [0.25, 0.3) is 0 Å². The minimum atomic E-state index is 0.0312. The highest BCUT2D eigenvalue weighted by molar-refractivity contribution is 4.80. The lowest BCUT2D eigenvalue weighted by molar-refractivity contribution is -0.0333. The molecule has 0 rings (SSSR count). The van der Waals surface area contributed by atoms with Gasteiger partial charge in [0, 0.05) is 0 Å². The van der Waals surface area contributed by atoms with Crippen molar-refractivity contribution in [2.75, 3.05) is 33.2 Å². The SMILES string of the molecule is OC/C=C\COCOC/C=C\CO. The average molecular weight is 188 g/mol. The van der Waals surface area contributed by atoms with Crippen LogP contribution in [-0.4, -0.2) is 43.4 Å². The van der Waals surface area contributed by atoms with Crippen LogP contribution in [0.2, 0.25) is 0 Å². The molecular weight excluding hydrogens is 172 g/mol. The summed E-state index contributed by atoms with van der Waals surface area (Å²) in [6.07, 6.45) is 6.64. The Morgan fingerprint density at radius 3 is 1.62 bits per heavy atom. The molecule has 76 valence electrons. The number of hydrogen-bond donors (Lipinski definition) is 2. The summed E-state index contributed by atoms with van der Waals surface area (Å²) in [7, 11) is 0. The molecule has 0 radical (unpaired) electrons. The number of ether oxygens (including phenoxy) is 2. The van der Waals surface area contributed by atoms with Crippen molar-refractivity contribution in [1.29, 1.82) is 0 Å². The van der Waals surface area contributed by atoms with Crippen molar-refractivity contribution >= 4 is 0 Å². The first kappa shape index (κ1) is 12.3. The van der Waals surface area contributed by atoms with Gasteiger partial charge >= 0.3 is 0 Å². The molecule has 0 atom stereocenters. The van der Waals surface area contributed by atoms with Crippen LogP contribution in [0.4, 0.5) is 0 Å². The van der Waals surface area contributed by atoms with Crippen molar-refractivity contribution in [3.8, 4) is 0 Å². The molecule has 0 aliphatic carbocycles. The molecule has 4 heteroatoms. The first-order valence-corrected chi connectivity index (χ1v) is 4.09. The highest BCUT2D eigenvalue weighted by atomic mass is 16.7. The molecule has 0 spiro atoms. The second kappa shape index (κ2) is 11.3. The van der Waals surface area contributed by atoms with E-state index in [1.807, 2.05) is 0 Å². The van der Waals surface area contributed by atoms with Crippen molar-refractivity contribution in [2.45, 2.75) is 0 Å². The molecule has 0 fully saturated rings. The molecule has 0 saturated heterocycles. The zero-order valence-corrected chi connectivity index (χ0v) is 7.56. The third kappa shape index (κ3) is 11.3. The van der Waals surface area contributed by atoms with E-state index < -0.39 is 0 Å². The van der Waals surface area contributed by atoms with Crippen molar-refractivity contribution in [3.63, 3.8) is 0 Å². The highest BCUT2D eigenvalue weighted by Crippen LogP contribution is 1.81. The van der Waals surface area contributed by atoms with Gasteiger partial charge < -0.3 is 19.7 Å². The molecule has 0 aromatic rings. The molecule has 0 amide bonds. The van der Waals surface area contributed by atoms with E-state index in [2.05, 4.69) is 0 Å². The number of aliphatic hydroxyl groups excluding tert-OH is 2. The molecule has 4 nitrogen and oxygen atoms in total. The van der Waals surface area contributed by atoms with Crippen molar-refractivity contribution in [2.24, 2.45) is 0 Å². The Kier molecular flexibility index (Phi) is 10.7. The topological polar surface area (TPSA) is 58.9 Å². The van der Waals surface area contributed by atoms with Gasteiger partial charge in [-0.25, -0.2) is 0 Å². The molecule has 0 unspecified atom stereocenters. The quantitative estimate of drug-likeness (QED) is 0.321. The molecule has 2 N–H and O–H groups in total. The fourth-order valence-corrected chi connectivity index (χ4v) is 0.576. The summed E-state index contributed by atoms with van der Waals surface area (Å²) in [6, 6.07) is 0. The fraction of sp³-hybridized carbons (Fsp3) is 0.556.